The topological polar surface area (TPSA) is 96.0 Å². The average Bonchev–Trinajstić information content (AvgIpc) is 3.03. The van der Waals surface area contributed by atoms with Gasteiger partial charge in [-0.2, -0.15) is 0 Å². The summed E-state index contributed by atoms with van der Waals surface area (Å²) in [6.07, 6.45) is 0.115. The van der Waals surface area contributed by atoms with Crippen molar-refractivity contribution in [3.05, 3.63) is 126 Å². The summed E-state index contributed by atoms with van der Waals surface area (Å²) in [6, 6.07) is 28.4. The summed E-state index contributed by atoms with van der Waals surface area (Å²) in [5, 5.41) is 2.96. The zero-order valence-electron chi connectivity index (χ0n) is 26.5. The number of hydrogen-bond donors (Lipinski definition) is 1. The lowest BCUT2D eigenvalue weighted by molar-refractivity contribution is -0.140. The molecule has 242 valence electrons. The Morgan fingerprint density at radius 3 is 2.07 bits per heavy atom. The van der Waals surface area contributed by atoms with Gasteiger partial charge in [0.2, 0.25) is 11.8 Å². The lowest BCUT2D eigenvalue weighted by Crippen LogP contribution is -2.56. The Balaban J connectivity index is 1.85. The number of benzene rings is 4. The maximum Gasteiger partial charge on any atom is 0.264 e. The third kappa shape index (κ3) is 8.72. The number of anilines is 1. The lowest BCUT2D eigenvalue weighted by Gasteiger charge is -2.35. The molecule has 4 rings (SSSR count). The van der Waals surface area contributed by atoms with Crippen LogP contribution in [0.25, 0.3) is 0 Å². The molecule has 0 aliphatic carbocycles. The Morgan fingerprint density at radius 1 is 0.848 bits per heavy atom. The minimum Gasteiger partial charge on any atom is -0.492 e. The fraction of sp³-hybridized carbons (Fsp3) is 0.278. The number of nitrogens with one attached hydrogen (secondary N) is 1. The molecule has 0 heterocycles. The summed E-state index contributed by atoms with van der Waals surface area (Å²) >= 11 is 0. The smallest absolute Gasteiger partial charge is 0.264 e. The Kier molecular flexibility index (Phi) is 11.2. The maximum atomic E-state index is 15.1. The number of nitrogens with zero attached hydrogens (tertiary/aromatic N) is 2. The Morgan fingerprint density at radius 2 is 1.43 bits per heavy atom. The van der Waals surface area contributed by atoms with Gasteiger partial charge in [-0.15, -0.1) is 0 Å². The van der Waals surface area contributed by atoms with Crippen molar-refractivity contribution in [2.45, 2.75) is 57.1 Å². The summed E-state index contributed by atoms with van der Waals surface area (Å²) in [6.45, 7) is 6.56. The molecule has 1 N–H and O–H groups in total. The van der Waals surface area contributed by atoms with Crippen LogP contribution in [-0.2, 0) is 32.6 Å². The van der Waals surface area contributed by atoms with Crippen molar-refractivity contribution in [3.63, 3.8) is 0 Å². The second-order valence-electron chi connectivity index (χ2n) is 11.8. The van der Waals surface area contributed by atoms with Crippen molar-refractivity contribution in [1.29, 1.82) is 0 Å². The number of halogens is 1. The van der Waals surface area contributed by atoms with Gasteiger partial charge < -0.3 is 15.0 Å². The van der Waals surface area contributed by atoms with E-state index < -0.39 is 45.8 Å². The Labute approximate surface area is 270 Å². The Hall–Kier alpha value is -4.70. The molecule has 0 aliphatic heterocycles. The van der Waals surface area contributed by atoms with Gasteiger partial charge in [0.15, 0.2) is 0 Å². The maximum absolute atomic E-state index is 15.1. The van der Waals surface area contributed by atoms with Crippen molar-refractivity contribution in [3.8, 4) is 5.75 Å². The number of para-hydroxylation sites is 2. The van der Waals surface area contributed by atoms with Gasteiger partial charge in [-0.1, -0.05) is 78.9 Å². The third-order valence-corrected chi connectivity index (χ3v) is 8.89. The molecule has 10 heteroatoms. The van der Waals surface area contributed by atoms with Crippen molar-refractivity contribution < 1.29 is 27.1 Å². The van der Waals surface area contributed by atoms with Crippen molar-refractivity contribution in [2.75, 3.05) is 17.5 Å². The SMILES string of the molecule is CCOc1ccccc1N(CC(=O)N(Cc1ccccc1F)[C@H](Cc1ccccc1)C(=O)NC(C)(C)C)S(=O)(=O)c1ccccc1. The van der Waals surface area contributed by atoms with Gasteiger partial charge in [0.05, 0.1) is 17.2 Å². The minimum absolute atomic E-state index is 0.0268. The number of carbonyl (C=O) groups excluding carboxylic acids is 2. The molecule has 0 unspecified atom stereocenters. The molecule has 0 radical (unpaired) electrons. The van der Waals surface area contributed by atoms with Gasteiger partial charge >= 0.3 is 0 Å². The quantitative estimate of drug-likeness (QED) is 0.193. The molecule has 0 saturated carbocycles. The van der Waals surface area contributed by atoms with E-state index in [1.807, 2.05) is 51.1 Å². The molecule has 1 atom stereocenters. The van der Waals surface area contributed by atoms with E-state index in [9.17, 15) is 18.0 Å². The zero-order valence-corrected chi connectivity index (χ0v) is 27.3. The molecular weight excluding hydrogens is 605 g/mol. The second-order valence-corrected chi connectivity index (χ2v) is 13.6. The summed E-state index contributed by atoms with van der Waals surface area (Å²) in [4.78, 5) is 29.8. The summed E-state index contributed by atoms with van der Waals surface area (Å²) in [5.41, 5.74) is 0.479. The van der Waals surface area contributed by atoms with E-state index in [1.165, 1.54) is 29.2 Å². The normalized spacial score (nSPS) is 12.2. The first kappa shape index (κ1) is 34.2. The van der Waals surface area contributed by atoms with E-state index in [0.717, 1.165) is 9.87 Å². The van der Waals surface area contributed by atoms with Gasteiger partial charge in [0.1, 0.15) is 24.2 Å². The molecule has 0 aliphatic rings. The van der Waals surface area contributed by atoms with Gasteiger partial charge in [-0.05, 0) is 63.6 Å². The first-order valence-corrected chi connectivity index (χ1v) is 16.5. The van der Waals surface area contributed by atoms with Crippen LogP contribution < -0.4 is 14.4 Å². The van der Waals surface area contributed by atoms with Crippen LogP contribution in [0.1, 0.15) is 38.8 Å². The van der Waals surface area contributed by atoms with Crippen LogP contribution in [0.4, 0.5) is 10.1 Å². The number of amides is 2. The number of carbonyl (C=O) groups is 2. The lowest BCUT2D eigenvalue weighted by atomic mass is 10.0. The van der Waals surface area contributed by atoms with E-state index in [-0.39, 0.29) is 41.5 Å². The standard InChI is InChI=1S/C36H40FN3O5S/c1-5-45-33-23-15-14-22-31(33)40(46(43,44)29-19-10-7-11-20-29)26-34(41)39(25-28-18-12-13-21-30(28)37)32(35(42)38-36(2,3)4)24-27-16-8-6-9-17-27/h6-23,32H,5,24-26H2,1-4H3,(H,38,42)/t32-/m1/s1. The van der Waals surface area contributed by atoms with Crippen LogP contribution in [0, 0.1) is 5.82 Å². The largest absolute Gasteiger partial charge is 0.492 e. The molecule has 8 nitrogen and oxygen atoms in total. The molecule has 46 heavy (non-hydrogen) atoms. The average molecular weight is 646 g/mol. The number of ether oxygens (including phenoxy) is 1. The minimum atomic E-state index is -4.31. The zero-order chi connectivity index (χ0) is 33.3. The molecule has 4 aromatic rings. The second kappa shape index (κ2) is 15.1. The number of rotatable bonds is 13. The molecule has 0 aromatic heterocycles. The molecule has 4 aromatic carbocycles. The van der Waals surface area contributed by atoms with Crippen molar-refractivity contribution in [1.82, 2.24) is 10.2 Å². The van der Waals surface area contributed by atoms with Crippen LogP contribution in [0.3, 0.4) is 0 Å². The summed E-state index contributed by atoms with van der Waals surface area (Å²) in [5.74, 6) is -1.43. The molecule has 0 saturated heterocycles. The van der Waals surface area contributed by atoms with Crippen LogP contribution >= 0.6 is 0 Å². The number of sulfonamides is 1. The van der Waals surface area contributed by atoms with Crippen molar-refractivity contribution >= 4 is 27.5 Å². The molecular formula is C36H40FN3O5S. The van der Waals surface area contributed by atoms with Gasteiger partial charge in [-0.3, -0.25) is 13.9 Å². The number of hydrogen-bond acceptors (Lipinski definition) is 5. The highest BCUT2D eigenvalue weighted by atomic mass is 32.2. The first-order chi connectivity index (χ1) is 21.9. The van der Waals surface area contributed by atoms with E-state index in [0.29, 0.717) is 0 Å². The van der Waals surface area contributed by atoms with E-state index in [2.05, 4.69) is 5.32 Å². The highest BCUT2D eigenvalue weighted by Crippen LogP contribution is 2.33. The molecule has 2 amide bonds. The van der Waals surface area contributed by atoms with Gasteiger partial charge in [-0.25, -0.2) is 12.8 Å². The van der Waals surface area contributed by atoms with E-state index >= 15 is 4.39 Å². The van der Waals surface area contributed by atoms with Gasteiger partial charge in [0, 0.05) is 24.1 Å². The predicted molar refractivity (Wildman–Crippen MR) is 177 cm³/mol. The highest BCUT2D eigenvalue weighted by molar-refractivity contribution is 7.92. The van der Waals surface area contributed by atoms with Crippen LogP contribution in [0.5, 0.6) is 5.75 Å². The fourth-order valence-corrected chi connectivity index (χ4v) is 6.44. The van der Waals surface area contributed by atoms with Crippen LogP contribution in [0.15, 0.2) is 114 Å². The van der Waals surface area contributed by atoms with E-state index in [4.69, 9.17) is 4.74 Å². The van der Waals surface area contributed by atoms with Crippen LogP contribution in [0.2, 0.25) is 0 Å². The predicted octanol–water partition coefficient (Wildman–Crippen LogP) is 5.97. The molecule has 0 bridgehead atoms. The summed E-state index contributed by atoms with van der Waals surface area (Å²) in [7, 11) is -4.31. The highest BCUT2D eigenvalue weighted by Gasteiger charge is 2.36. The van der Waals surface area contributed by atoms with Gasteiger partial charge in [0.25, 0.3) is 10.0 Å². The van der Waals surface area contributed by atoms with Crippen LogP contribution in [-0.4, -0.2) is 49.9 Å². The van der Waals surface area contributed by atoms with Crippen molar-refractivity contribution in [2.24, 2.45) is 0 Å². The Bertz CT molecular complexity index is 1730. The van der Waals surface area contributed by atoms with E-state index in [1.54, 1.807) is 61.5 Å². The summed E-state index contributed by atoms with van der Waals surface area (Å²) < 4.78 is 50.3. The fourth-order valence-electron chi connectivity index (χ4n) is 4.99. The molecule has 0 spiro atoms. The third-order valence-electron chi connectivity index (χ3n) is 7.11. The first-order valence-electron chi connectivity index (χ1n) is 15.1. The monoisotopic (exact) mass is 645 g/mol. The molecule has 0 fully saturated rings.